The molecule has 1 fully saturated rings. The number of amides is 1. The highest BCUT2D eigenvalue weighted by atomic mass is 16.5. The highest BCUT2D eigenvalue weighted by Crippen LogP contribution is 2.33. The van der Waals surface area contributed by atoms with Crippen LogP contribution >= 0.6 is 0 Å². The van der Waals surface area contributed by atoms with Crippen LogP contribution in [0.1, 0.15) is 54.4 Å². The zero-order valence-electron chi connectivity index (χ0n) is 14.3. The van der Waals surface area contributed by atoms with Crippen LogP contribution in [0.3, 0.4) is 0 Å². The van der Waals surface area contributed by atoms with Gasteiger partial charge in [-0.3, -0.25) is 4.79 Å². The Kier molecular flexibility index (Phi) is 4.66. The maximum Gasteiger partial charge on any atom is 0.250 e. The summed E-state index contributed by atoms with van der Waals surface area (Å²) in [4.78, 5) is 14.6. The summed E-state index contributed by atoms with van der Waals surface area (Å²) in [7, 11) is 0. The maximum absolute atomic E-state index is 12.5. The first kappa shape index (κ1) is 16.3. The Morgan fingerprint density at radius 2 is 2.10 bits per heavy atom. The standard InChI is InChI=1S/C17H30N2O2/c1-11(2)9-14-15(21-17(4,5)6)10-16(20)19(14)13-7-8-18-12(13)3/h10-14,18H,7-9H2,1-6H3/t12-,13-,14-/m0/s1. The van der Waals surface area contributed by atoms with Crippen molar-refractivity contribution in [1.29, 1.82) is 0 Å². The summed E-state index contributed by atoms with van der Waals surface area (Å²) in [6, 6.07) is 0.716. The third-order valence-electron chi connectivity index (χ3n) is 4.14. The minimum Gasteiger partial charge on any atom is -0.490 e. The van der Waals surface area contributed by atoms with Crippen molar-refractivity contribution in [3.8, 4) is 0 Å². The lowest BCUT2D eigenvalue weighted by Gasteiger charge is -2.36. The third-order valence-corrected chi connectivity index (χ3v) is 4.14. The van der Waals surface area contributed by atoms with Gasteiger partial charge in [0.05, 0.1) is 6.04 Å². The Bertz CT molecular complexity index is 423. The average molecular weight is 294 g/mol. The van der Waals surface area contributed by atoms with Crippen LogP contribution in [-0.2, 0) is 9.53 Å². The molecular formula is C17H30N2O2. The fourth-order valence-electron chi connectivity index (χ4n) is 3.33. The zero-order valence-corrected chi connectivity index (χ0v) is 14.3. The maximum atomic E-state index is 12.5. The summed E-state index contributed by atoms with van der Waals surface area (Å²) in [5, 5.41) is 3.45. The van der Waals surface area contributed by atoms with Gasteiger partial charge in [-0.25, -0.2) is 0 Å². The molecule has 1 saturated heterocycles. The van der Waals surface area contributed by atoms with E-state index < -0.39 is 0 Å². The van der Waals surface area contributed by atoms with E-state index in [0.717, 1.165) is 25.1 Å². The molecule has 120 valence electrons. The van der Waals surface area contributed by atoms with Gasteiger partial charge >= 0.3 is 0 Å². The van der Waals surface area contributed by atoms with Crippen molar-refractivity contribution >= 4 is 5.91 Å². The highest BCUT2D eigenvalue weighted by molar-refractivity contribution is 5.91. The van der Waals surface area contributed by atoms with Crippen LogP contribution in [0.5, 0.6) is 0 Å². The summed E-state index contributed by atoms with van der Waals surface area (Å²) in [5.74, 6) is 1.49. The second-order valence-electron chi connectivity index (χ2n) is 7.75. The van der Waals surface area contributed by atoms with Crippen LogP contribution in [0.15, 0.2) is 11.8 Å². The molecule has 2 aliphatic rings. The summed E-state index contributed by atoms with van der Waals surface area (Å²) in [5.41, 5.74) is -0.267. The Morgan fingerprint density at radius 3 is 2.57 bits per heavy atom. The SMILES string of the molecule is CC(C)C[C@H]1C(OC(C)(C)C)=CC(=O)N1[C@H]1CCN[C@H]1C. The van der Waals surface area contributed by atoms with Gasteiger partial charge in [-0.2, -0.15) is 0 Å². The summed E-state index contributed by atoms with van der Waals surface area (Å²) in [6.45, 7) is 13.7. The molecule has 0 aromatic heterocycles. The second-order valence-corrected chi connectivity index (χ2v) is 7.75. The van der Waals surface area contributed by atoms with E-state index in [1.165, 1.54) is 0 Å². The average Bonchev–Trinajstić information content (AvgIpc) is 2.82. The van der Waals surface area contributed by atoms with Crippen LogP contribution < -0.4 is 5.32 Å². The minimum atomic E-state index is -0.267. The van der Waals surface area contributed by atoms with Crippen LogP contribution in [0.4, 0.5) is 0 Å². The van der Waals surface area contributed by atoms with E-state index >= 15 is 0 Å². The Labute approximate surface area is 128 Å². The van der Waals surface area contributed by atoms with Gasteiger partial charge in [-0.15, -0.1) is 0 Å². The molecular weight excluding hydrogens is 264 g/mol. The van der Waals surface area contributed by atoms with E-state index in [9.17, 15) is 4.79 Å². The number of hydrogen-bond acceptors (Lipinski definition) is 3. The van der Waals surface area contributed by atoms with Crippen molar-refractivity contribution < 1.29 is 9.53 Å². The van der Waals surface area contributed by atoms with E-state index in [1.54, 1.807) is 6.08 Å². The third kappa shape index (κ3) is 3.79. The molecule has 0 unspecified atom stereocenters. The van der Waals surface area contributed by atoms with E-state index in [2.05, 4.69) is 31.0 Å². The number of carbonyl (C=O) groups excluding carboxylic acids is 1. The molecule has 2 rings (SSSR count). The lowest BCUT2D eigenvalue weighted by Crippen LogP contribution is -2.49. The van der Waals surface area contributed by atoms with Gasteiger partial charge in [0.15, 0.2) is 0 Å². The number of ether oxygens (including phenoxy) is 1. The molecule has 0 bridgehead atoms. The lowest BCUT2D eigenvalue weighted by molar-refractivity contribution is -0.129. The fraction of sp³-hybridized carbons (Fsp3) is 0.824. The van der Waals surface area contributed by atoms with E-state index in [0.29, 0.717) is 12.0 Å². The predicted octanol–water partition coefficient (Wildman–Crippen LogP) is 2.69. The number of rotatable bonds is 4. The van der Waals surface area contributed by atoms with Crippen molar-refractivity contribution in [2.24, 2.45) is 5.92 Å². The first-order chi connectivity index (χ1) is 9.69. The fourth-order valence-corrected chi connectivity index (χ4v) is 3.33. The smallest absolute Gasteiger partial charge is 0.250 e. The molecule has 1 N–H and O–H groups in total. The van der Waals surface area contributed by atoms with Crippen molar-refractivity contribution in [2.45, 2.75) is 78.1 Å². The molecule has 0 aliphatic carbocycles. The van der Waals surface area contributed by atoms with Gasteiger partial charge in [0.2, 0.25) is 0 Å². The Morgan fingerprint density at radius 1 is 1.43 bits per heavy atom. The van der Waals surface area contributed by atoms with E-state index in [-0.39, 0.29) is 23.6 Å². The molecule has 1 amide bonds. The molecule has 0 saturated carbocycles. The predicted molar refractivity (Wildman–Crippen MR) is 84.9 cm³/mol. The summed E-state index contributed by atoms with van der Waals surface area (Å²) >= 11 is 0. The molecule has 21 heavy (non-hydrogen) atoms. The lowest BCUT2D eigenvalue weighted by atomic mass is 9.99. The van der Waals surface area contributed by atoms with Gasteiger partial charge in [0.1, 0.15) is 11.4 Å². The molecule has 0 spiro atoms. The van der Waals surface area contributed by atoms with Gasteiger partial charge in [-0.1, -0.05) is 13.8 Å². The molecule has 4 nitrogen and oxygen atoms in total. The van der Waals surface area contributed by atoms with E-state index in [1.807, 2.05) is 20.8 Å². The van der Waals surface area contributed by atoms with Crippen LogP contribution in [0, 0.1) is 5.92 Å². The van der Waals surface area contributed by atoms with Crippen LogP contribution in [0.2, 0.25) is 0 Å². The van der Waals surface area contributed by atoms with Crippen molar-refractivity contribution in [3.05, 3.63) is 11.8 Å². The number of carbonyl (C=O) groups is 1. The van der Waals surface area contributed by atoms with Gasteiger partial charge in [-0.05, 0) is 53.0 Å². The minimum absolute atomic E-state index is 0.0871. The molecule has 2 aliphatic heterocycles. The van der Waals surface area contributed by atoms with E-state index in [4.69, 9.17) is 4.74 Å². The highest BCUT2D eigenvalue weighted by Gasteiger charge is 2.43. The summed E-state index contributed by atoms with van der Waals surface area (Å²) in [6.07, 6.45) is 3.69. The Balaban J connectivity index is 2.22. The van der Waals surface area contributed by atoms with Gasteiger partial charge in [0, 0.05) is 18.2 Å². The Hall–Kier alpha value is -1.03. The van der Waals surface area contributed by atoms with Gasteiger partial charge in [0.25, 0.3) is 5.91 Å². The van der Waals surface area contributed by atoms with Crippen molar-refractivity contribution in [1.82, 2.24) is 10.2 Å². The first-order valence-corrected chi connectivity index (χ1v) is 8.15. The van der Waals surface area contributed by atoms with Crippen molar-refractivity contribution in [3.63, 3.8) is 0 Å². The number of nitrogens with zero attached hydrogens (tertiary/aromatic N) is 1. The van der Waals surface area contributed by atoms with Gasteiger partial charge < -0.3 is 15.0 Å². The molecule has 0 aromatic rings. The first-order valence-electron chi connectivity index (χ1n) is 8.15. The molecule has 2 heterocycles. The van der Waals surface area contributed by atoms with Crippen LogP contribution in [-0.4, -0.2) is 41.1 Å². The molecule has 3 atom stereocenters. The topological polar surface area (TPSA) is 41.6 Å². The summed E-state index contributed by atoms with van der Waals surface area (Å²) < 4.78 is 6.09. The number of nitrogens with one attached hydrogen (secondary N) is 1. The normalized spacial score (nSPS) is 30.2. The van der Waals surface area contributed by atoms with Crippen molar-refractivity contribution in [2.75, 3.05) is 6.54 Å². The largest absolute Gasteiger partial charge is 0.490 e. The second kappa shape index (κ2) is 5.99. The molecule has 0 radical (unpaired) electrons. The monoisotopic (exact) mass is 294 g/mol. The quantitative estimate of drug-likeness (QED) is 0.867. The number of hydrogen-bond donors (Lipinski definition) is 1. The molecule has 0 aromatic carbocycles. The zero-order chi connectivity index (χ0) is 15.8. The molecule has 4 heteroatoms. The van der Waals surface area contributed by atoms with Crippen LogP contribution in [0.25, 0.3) is 0 Å².